The molecule has 1 aromatic heterocycles. The van der Waals surface area contributed by atoms with Crippen LogP contribution in [0.25, 0.3) is 6.08 Å². The molecule has 1 N–H and O–H groups in total. The van der Waals surface area contributed by atoms with Crippen molar-refractivity contribution in [3.63, 3.8) is 0 Å². The van der Waals surface area contributed by atoms with Crippen LogP contribution in [0.5, 0.6) is 0 Å². The molecule has 1 aromatic rings. The van der Waals surface area contributed by atoms with Gasteiger partial charge in [0.1, 0.15) is 5.01 Å². The van der Waals surface area contributed by atoms with Crippen LogP contribution in [0.3, 0.4) is 0 Å². The van der Waals surface area contributed by atoms with Gasteiger partial charge in [-0.1, -0.05) is 33.1 Å². The Balaban J connectivity index is 2.12. The Kier molecular flexibility index (Phi) is 9.76. The topological polar surface area (TPSA) is 68.3 Å². The zero-order valence-electron chi connectivity index (χ0n) is 19.0. The first-order valence-corrected chi connectivity index (χ1v) is 11.9. The summed E-state index contributed by atoms with van der Waals surface area (Å²) in [6.07, 6.45) is 10.3. The molecule has 0 bridgehead atoms. The maximum atomic E-state index is 12.5. The van der Waals surface area contributed by atoms with Crippen LogP contribution in [0, 0.1) is 11.8 Å². The molecule has 166 valence electrons. The molecule has 0 unspecified atom stereocenters. The van der Waals surface area contributed by atoms with Crippen molar-refractivity contribution < 1.29 is 14.3 Å². The Labute approximate surface area is 185 Å². The van der Waals surface area contributed by atoms with Gasteiger partial charge in [-0.15, -0.1) is 11.3 Å². The third-order valence-corrected chi connectivity index (χ3v) is 6.25. The quantitative estimate of drug-likeness (QED) is 0.320. The molecule has 1 aliphatic rings. The van der Waals surface area contributed by atoms with Crippen LogP contribution in [0.4, 0.5) is 0 Å². The first kappa shape index (κ1) is 24.3. The standard InChI is InChI=1S/C24H36N2O3S/c1-6-29-24(28)18(5)13-17(4)14-20-21(12-16(2)3)30-22(26-20)15-25-23(27)19-10-8-7-9-11-19/h13-14,16,19H,6-12,15H2,1-5H3,(H,25,27)/b17-14+,18-13-. The third-order valence-electron chi connectivity index (χ3n) is 5.16. The number of carbonyl (C=O) groups is 2. The summed E-state index contributed by atoms with van der Waals surface area (Å²) < 4.78 is 5.05. The number of amides is 1. The van der Waals surface area contributed by atoms with Crippen molar-refractivity contribution in [1.82, 2.24) is 10.3 Å². The lowest BCUT2D eigenvalue weighted by Crippen LogP contribution is -2.31. The van der Waals surface area contributed by atoms with Crippen molar-refractivity contribution in [2.75, 3.05) is 6.61 Å². The first-order valence-electron chi connectivity index (χ1n) is 11.1. The van der Waals surface area contributed by atoms with Crippen molar-refractivity contribution in [2.24, 2.45) is 11.8 Å². The fourth-order valence-electron chi connectivity index (χ4n) is 3.69. The second kappa shape index (κ2) is 12.0. The summed E-state index contributed by atoms with van der Waals surface area (Å²) in [7, 11) is 0. The van der Waals surface area contributed by atoms with Crippen LogP contribution >= 0.6 is 11.3 Å². The molecule has 0 aliphatic heterocycles. The molecule has 1 aliphatic carbocycles. The van der Waals surface area contributed by atoms with E-state index in [1.165, 1.54) is 11.3 Å². The van der Waals surface area contributed by atoms with Crippen LogP contribution in [0.15, 0.2) is 17.2 Å². The maximum absolute atomic E-state index is 12.5. The number of allylic oxidation sites excluding steroid dienone is 2. The highest BCUT2D eigenvalue weighted by molar-refractivity contribution is 7.11. The smallest absolute Gasteiger partial charge is 0.333 e. The lowest BCUT2D eigenvalue weighted by atomic mass is 9.89. The summed E-state index contributed by atoms with van der Waals surface area (Å²) >= 11 is 1.67. The fraction of sp³-hybridized carbons (Fsp3) is 0.625. The molecule has 6 heteroatoms. The highest BCUT2D eigenvalue weighted by Gasteiger charge is 2.21. The maximum Gasteiger partial charge on any atom is 0.333 e. The van der Waals surface area contributed by atoms with Gasteiger partial charge in [-0.25, -0.2) is 9.78 Å². The molecule has 30 heavy (non-hydrogen) atoms. The number of nitrogens with one attached hydrogen (secondary N) is 1. The Morgan fingerprint density at radius 2 is 1.93 bits per heavy atom. The molecular weight excluding hydrogens is 396 g/mol. The molecule has 1 amide bonds. The average Bonchev–Trinajstić information content (AvgIpc) is 3.07. The summed E-state index contributed by atoms with van der Waals surface area (Å²) in [6.45, 7) is 10.8. The highest BCUT2D eigenvalue weighted by atomic mass is 32.1. The van der Waals surface area contributed by atoms with Crippen LogP contribution in [0.1, 0.15) is 82.3 Å². The predicted octanol–water partition coefficient (Wildman–Crippen LogP) is 5.45. The van der Waals surface area contributed by atoms with Gasteiger partial charge in [-0.05, 0) is 63.7 Å². The lowest BCUT2D eigenvalue weighted by molar-refractivity contribution is -0.138. The Morgan fingerprint density at radius 3 is 2.57 bits per heavy atom. The van der Waals surface area contributed by atoms with Crippen molar-refractivity contribution >= 4 is 29.3 Å². The van der Waals surface area contributed by atoms with Gasteiger partial charge in [0.15, 0.2) is 0 Å². The van der Waals surface area contributed by atoms with Gasteiger partial charge in [-0.3, -0.25) is 4.79 Å². The highest BCUT2D eigenvalue weighted by Crippen LogP contribution is 2.26. The fourth-order valence-corrected chi connectivity index (χ4v) is 4.89. The first-order chi connectivity index (χ1) is 14.3. The number of esters is 1. The van der Waals surface area contributed by atoms with E-state index in [9.17, 15) is 9.59 Å². The van der Waals surface area contributed by atoms with Crippen molar-refractivity contribution in [2.45, 2.75) is 79.7 Å². The molecule has 2 rings (SSSR count). The Morgan fingerprint density at radius 1 is 1.23 bits per heavy atom. The van der Waals surface area contributed by atoms with Gasteiger partial charge in [-0.2, -0.15) is 0 Å². The molecule has 5 nitrogen and oxygen atoms in total. The van der Waals surface area contributed by atoms with Crippen LogP contribution < -0.4 is 5.32 Å². The molecule has 0 spiro atoms. The largest absolute Gasteiger partial charge is 0.463 e. The normalized spacial score (nSPS) is 16.1. The third kappa shape index (κ3) is 7.71. The van der Waals surface area contributed by atoms with Crippen molar-refractivity contribution in [3.05, 3.63) is 32.8 Å². The molecular formula is C24H36N2O3S. The van der Waals surface area contributed by atoms with E-state index >= 15 is 0 Å². The van der Waals surface area contributed by atoms with Gasteiger partial charge >= 0.3 is 5.97 Å². The van der Waals surface area contributed by atoms with E-state index in [1.807, 2.05) is 19.1 Å². The second-order valence-corrected chi connectivity index (χ2v) is 9.67. The number of carbonyl (C=O) groups excluding carboxylic acids is 2. The van der Waals surface area contributed by atoms with Crippen LogP contribution in [-0.4, -0.2) is 23.5 Å². The molecule has 0 radical (unpaired) electrons. The Bertz CT molecular complexity index is 786. The molecule has 1 heterocycles. The van der Waals surface area contributed by atoms with Gasteiger partial charge in [0.25, 0.3) is 0 Å². The van der Waals surface area contributed by atoms with Crippen molar-refractivity contribution in [3.8, 4) is 0 Å². The number of rotatable bonds is 9. The van der Waals surface area contributed by atoms with Crippen LogP contribution in [0.2, 0.25) is 0 Å². The summed E-state index contributed by atoms with van der Waals surface area (Å²) in [4.78, 5) is 30.3. The summed E-state index contributed by atoms with van der Waals surface area (Å²) in [5, 5.41) is 4.02. The molecule has 0 saturated heterocycles. The lowest BCUT2D eigenvalue weighted by Gasteiger charge is -2.20. The number of ether oxygens (including phenoxy) is 1. The minimum Gasteiger partial charge on any atom is -0.463 e. The number of hydrogen-bond acceptors (Lipinski definition) is 5. The SMILES string of the molecule is CCOC(=O)/C(C)=C\C(C)=C\c1nc(CNC(=O)C2CCCCC2)sc1CC(C)C. The van der Waals surface area contributed by atoms with Gasteiger partial charge in [0.05, 0.1) is 18.8 Å². The van der Waals surface area contributed by atoms with Gasteiger partial charge < -0.3 is 10.1 Å². The molecule has 1 fully saturated rings. The van der Waals surface area contributed by atoms with E-state index in [0.717, 1.165) is 48.4 Å². The van der Waals surface area contributed by atoms with E-state index in [1.54, 1.807) is 25.2 Å². The predicted molar refractivity (Wildman–Crippen MR) is 123 cm³/mol. The van der Waals surface area contributed by atoms with E-state index in [-0.39, 0.29) is 17.8 Å². The summed E-state index contributed by atoms with van der Waals surface area (Å²) in [6, 6.07) is 0. The van der Waals surface area contributed by atoms with Crippen LogP contribution in [-0.2, 0) is 27.3 Å². The zero-order chi connectivity index (χ0) is 22.1. The Hall–Kier alpha value is -1.95. The van der Waals surface area contributed by atoms with Crippen molar-refractivity contribution in [1.29, 1.82) is 0 Å². The minimum absolute atomic E-state index is 0.159. The number of nitrogens with zero attached hydrogens (tertiary/aromatic N) is 1. The average molecular weight is 433 g/mol. The number of thiazole rings is 1. The van der Waals surface area contributed by atoms with E-state index in [4.69, 9.17) is 9.72 Å². The van der Waals surface area contributed by atoms with E-state index in [2.05, 4.69) is 19.2 Å². The van der Waals surface area contributed by atoms with E-state index < -0.39 is 0 Å². The minimum atomic E-state index is -0.294. The number of hydrogen-bond donors (Lipinski definition) is 1. The van der Waals surface area contributed by atoms with Gasteiger partial charge in [0, 0.05) is 16.4 Å². The monoisotopic (exact) mass is 432 g/mol. The molecule has 0 atom stereocenters. The zero-order valence-corrected chi connectivity index (χ0v) is 19.9. The second-order valence-electron chi connectivity index (χ2n) is 8.50. The molecule has 1 saturated carbocycles. The van der Waals surface area contributed by atoms with Gasteiger partial charge in [0.2, 0.25) is 5.91 Å². The number of aromatic nitrogens is 1. The summed E-state index contributed by atoms with van der Waals surface area (Å²) in [5.41, 5.74) is 2.46. The van der Waals surface area contributed by atoms with E-state index in [0.29, 0.717) is 24.6 Å². The summed E-state index contributed by atoms with van der Waals surface area (Å²) in [5.74, 6) is 0.541. The molecule has 0 aromatic carbocycles.